The predicted molar refractivity (Wildman–Crippen MR) is 170 cm³/mol. The molecule has 3 rings (SSSR count). The van der Waals surface area contributed by atoms with Crippen LogP contribution in [0.1, 0.15) is 128 Å². The van der Waals surface area contributed by atoms with Gasteiger partial charge in [-0.25, -0.2) is 0 Å². The zero-order valence-corrected chi connectivity index (χ0v) is 26.4. The Hall–Kier alpha value is -1.72. The normalized spacial score (nSPS) is 19.0. The topological polar surface area (TPSA) is 36.9 Å². The van der Waals surface area contributed by atoms with E-state index in [9.17, 15) is 0 Å². The molecule has 3 atom stereocenters. The van der Waals surface area contributed by atoms with Crippen LogP contribution in [0.25, 0.3) is 0 Å². The number of hydrogen-bond acceptors (Lipinski definition) is 4. The molecular weight excluding hydrogens is 508 g/mol. The van der Waals surface area contributed by atoms with Crippen LogP contribution in [0.15, 0.2) is 60.7 Å². The molecule has 2 aromatic rings. The lowest BCUT2D eigenvalue weighted by atomic mass is 10.00. The maximum Gasteiger partial charge on any atom is 0.164 e. The van der Waals surface area contributed by atoms with E-state index in [-0.39, 0.29) is 18.3 Å². The summed E-state index contributed by atoms with van der Waals surface area (Å²) in [6.07, 6.45) is 19.7. The molecule has 41 heavy (non-hydrogen) atoms. The molecule has 0 unspecified atom stereocenters. The average Bonchev–Trinajstić information content (AvgIpc) is 3.29. The van der Waals surface area contributed by atoms with Gasteiger partial charge in [-0.2, -0.15) is 0 Å². The Morgan fingerprint density at radius 2 is 1.12 bits per heavy atom. The van der Waals surface area contributed by atoms with Crippen LogP contribution in [0.2, 0.25) is 0 Å². The minimum atomic E-state index is -0.644. The number of ether oxygens (including phenoxy) is 4. The summed E-state index contributed by atoms with van der Waals surface area (Å²) >= 11 is 0. The van der Waals surface area contributed by atoms with Crippen LogP contribution in [0.5, 0.6) is 0 Å². The third-order valence-electron chi connectivity index (χ3n) is 8.13. The third-order valence-corrected chi connectivity index (χ3v) is 8.13. The van der Waals surface area contributed by atoms with E-state index in [0.29, 0.717) is 19.8 Å². The summed E-state index contributed by atoms with van der Waals surface area (Å²) in [7, 11) is 0. The fraction of sp³-hybridized carbons (Fsp3) is 0.676. The molecule has 2 aromatic carbocycles. The molecule has 4 nitrogen and oxygen atoms in total. The van der Waals surface area contributed by atoms with E-state index in [0.717, 1.165) is 12.8 Å². The Kier molecular flexibility index (Phi) is 16.7. The van der Waals surface area contributed by atoms with E-state index in [4.69, 9.17) is 18.9 Å². The molecule has 230 valence electrons. The zero-order chi connectivity index (χ0) is 29.0. The standard InChI is InChI=1S/C37H58O4/c1-4-5-6-7-8-9-10-11-12-13-14-15-16-23-28-34(39-30-33-26-21-18-22-27-33)36-35(40-37(2,3)41-36)31-38-29-32-24-19-17-20-25-32/h17-22,24-27,34-36H,4-16,23,28-31H2,1-3H3/t34-,35+,36+/m0/s1. The van der Waals surface area contributed by atoms with Crippen LogP contribution in [0, 0.1) is 0 Å². The van der Waals surface area contributed by atoms with Crippen molar-refractivity contribution in [2.75, 3.05) is 6.61 Å². The van der Waals surface area contributed by atoms with Crippen LogP contribution in [0.4, 0.5) is 0 Å². The van der Waals surface area contributed by atoms with Gasteiger partial charge in [-0.1, -0.05) is 157 Å². The monoisotopic (exact) mass is 566 g/mol. The fourth-order valence-corrected chi connectivity index (χ4v) is 5.83. The SMILES string of the molecule is CCCCCCCCCCCCCCCC[C@H](OCc1ccccc1)[C@H]1OC(C)(C)O[C@@H]1COCc1ccccc1. The first-order valence-corrected chi connectivity index (χ1v) is 16.7. The van der Waals surface area contributed by atoms with Crippen LogP contribution < -0.4 is 0 Å². The van der Waals surface area contributed by atoms with Gasteiger partial charge in [-0.15, -0.1) is 0 Å². The first-order valence-electron chi connectivity index (χ1n) is 16.7. The van der Waals surface area contributed by atoms with Gasteiger partial charge in [0.2, 0.25) is 0 Å². The summed E-state index contributed by atoms with van der Waals surface area (Å²) in [4.78, 5) is 0. The molecular formula is C37H58O4. The van der Waals surface area contributed by atoms with E-state index in [1.807, 2.05) is 38.1 Å². The summed E-state index contributed by atoms with van der Waals surface area (Å²) in [5.74, 6) is -0.644. The van der Waals surface area contributed by atoms with Crippen molar-refractivity contribution in [3.63, 3.8) is 0 Å². The Balaban J connectivity index is 1.40. The Morgan fingerprint density at radius 3 is 1.66 bits per heavy atom. The molecule has 0 amide bonds. The molecule has 1 saturated heterocycles. The highest BCUT2D eigenvalue weighted by Gasteiger charge is 2.45. The largest absolute Gasteiger partial charge is 0.374 e. The molecule has 0 N–H and O–H groups in total. The minimum Gasteiger partial charge on any atom is -0.374 e. The van der Waals surface area contributed by atoms with Gasteiger partial charge < -0.3 is 18.9 Å². The zero-order valence-electron chi connectivity index (χ0n) is 26.4. The third kappa shape index (κ3) is 14.3. The number of benzene rings is 2. The van der Waals surface area contributed by atoms with Crippen molar-refractivity contribution < 1.29 is 18.9 Å². The molecule has 1 heterocycles. The Morgan fingerprint density at radius 1 is 0.634 bits per heavy atom. The van der Waals surface area contributed by atoms with Crippen molar-refractivity contribution in [2.45, 2.75) is 154 Å². The lowest BCUT2D eigenvalue weighted by Crippen LogP contribution is -2.39. The van der Waals surface area contributed by atoms with Crippen LogP contribution >= 0.6 is 0 Å². The molecule has 1 fully saturated rings. The number of hydrogen-bond donors (Lipinski definition) is 0. The first kappa shape index (κ1) is 33.8. The maximum atomic E-state index is 6.55. The van der Waals surface area contributed by atoms with Crippen LogP contribution in [-0.2, 0) is 32.2 Å². The second-order valence-corrected chi connectivity index (χ2v) is 12.4. The van der Waals surface area contributed by atoms with Gasteiger partial charge in [-0.05, 0) is 31.4 Å². The molecule has 0 saturated carbocycles. The lowest BCUT2D eigenvalue weighted by Gasteiger charge is -2.27. The molecule has 0 aromatic heterocycles. The van der Waals surface area contributed by atoms with Crippen molar-refractivity contribution in [2.24, 2.45) is 0 Å². The van der Waals surface area contributed by atoms with Crippen LogP contribution in [0.3, 0.4) is 0 Å². The van der Waals surface area contributed by atoms with Gasteiger partial charge in [0.05, 0.1) is 25.9 Å². The predicted octanol–water partition coefficient (Wildman–Crippen LogP) is 10.2. The van der Waals surface area contributed by atoms with Crippen molar-refractivity contribution in [1.82, 2.24) is 0 Å². The minimum absolute atomic E-state index is 0.0281. The van der Waals surface area contributed by atoms with Crippen molar-refractivity contribution in [3.05, 3.63) is 71.8 Å². The molecule has 0 spiro atoms. The molecule has 0 radical (unpaired) electrons. The average molecular weight is 567 g/mol. The molecule has 0 bridgehead atoms. The second-order valence-electron chi connectivity index (χ2n) is 12.4. The number of unbranched alkanes of at least 4 members (excludes halogenated alkanes) is 13. The van der Waals surface area contributed by atoms with E-state index in [2.05, 4.69) is 43.3 Å². The molecule has 0 aliphatic carbocycles. The number of rotatable bonds is 23. The fourth-order valence-electron chi connectivity index (χ4n) is 5.83. The smallest absolute Gasteiger partial charge is 0.164 e. The van der Waals surface area contributed by atoms with E-state index >= 15 is 0 Å². The van der Waals surface area contributed by atoms with Gasteiger partial charge in [0, 0.05) is 0 Å². The summed E-state index contributed by atoms with van der Waals surface area (Å²) in [6.45, 7) is 7.94. The summed E-state index contributed by atoms with van der Waals surface area (Å²) in [5.41, 5.74) is 2.36. The van der Waals surface area contributed by atoms with E-state index in [1.54, 1.807) is 0 Å². The first-order chi connectivity index (χ1) is 20.1. The van der Waals surface area contributed by atoms with E-state index in [1.165, 1.54) is 94.6 Å². The lowest BCUT2D eigenvalue weighted by molar-refractivity contribution is -0.163. The van der Waals surface area contributed by atoms with Gasteiger partial charge in [0.25, 0.3) is 0 Å². The summed E-state index contributed by atoms with van der Waals surface area (Å²) < 4.78 is 25.4. The summed E-state index contributed by atoms with van der Waals surface area (Å²) in [5, 5.41) is 0. The summed E-state index contributed by atoms with van der Waals surface area (Å²) in [6, 6.07) is 20.7. The van der Waals surface area contributed by atoms with E-state index < -0.39 is 5.79 Å². The molecule has 1 aliphatic rings. The highest BCUT2D eigenvalue weighted by Crippen LogP contribution is 2.33. The Bertz CT molecular complexity index is 884. The highest BCUT2D eigenvalue weighted by atomic mass is 16.8. The quantitative estimate of drug-likeness (QED) is 0.125. The van der Waals surface area contributed by atoms with Crippen molar-refractivity contribution in [3.8, 4) is 0 Å². The second kappa shape index (κ2) is 20.2. The highest BCUT2D eigenvalue weighted by molar-refractivity contribution is 5.14. The van der Waals surface area contributed by atoms with Crippen molar-refractivity contribution >= 4 is 0 Å². The molecule has 4 heteroatoms. The van der Waals surface area contributed by atoms with Crippen molar-refractivity contribution in [1.29, 1.82) is 0 Å². The van der Waals surface area contributed by atoms with Gasteiger partial charge in [0.15, 0.2) is 5.79 Å². The molecule has 1 aliphatic heterocycles. The Labute approximate surface area is 251 Å². The van der Waals surface area contributed by atoms with Gasteiger partial charge in [0.1, 0.15) is 12.2 Å². The van der Waals surface area contributed by atoms with Gasteiger partial charge >= 0.3 is 0 Å². The maximum absolute atomic E-state index is 6.55. The van der Waals surface area contributed by atoms with Crippen LogP contribution in [-0.4, -0.2) is 30.7 Å². The van der Waals surface area contributed by atoms with Gasteiger partial charge in [-0.3, -0.25) is 0 Å².